The number of likely N-dealkylation sites (tertiary alicyclic amines) is 1. The van der Waals surface area contributed by atoms with Gasteiger partial charge < -0.3 is 5.32 Å². The Hall–Kier alpha value is -0.0900. The Bertz CT molecular complexity index is 361. The van der Waals surface area contributed by atoms with Crippen molar-refractivity contribution in [2.75, 3.05) is 26.7 Å². The van der Waals surface area contributed by atoms with Crippen molar-refractivity contribution in [3.8, 4) is 0 Å². The first-order valence-corrected chi connectivity index (χ1v) is 7.64. The summed E-state index contributed by atoms with van der Waals surface area (Å²) in [5.74, 6) is 0.864. The number of hydrogen-bond acceptors (Lipinski definition) is 2. The zero-order chi connectivity index (χ0) is 13.0. The first kappa shape index (κ1) is 17.0. The number of hydrogen-bond donors (Lipinski definition) is 1. The summed E-state index contributed by atoms with van der Waals surface area (Å²) in [6.45, 7) is 5.94. The molecule has 0 aliphatic carbocycles. The molecular weight excluding hydrogens is 324 g/mol. The van der Waals surface area contributed by atoms with Crippen molar-refractivity contribution in [1.29, 1.82) is 0 Å². The van der Waals surface area contributed by atoms with Crippen LogP contribution < -0.4 is 5.32 Å². The van der Waals surface area contributed by atoms with Gasteiger partial charge in [0.1, 0.15) is 0 Å². The van der Waals surface area contributed by atoms with E-state index in [9.17, 15) is 0 Å². The van der Waals surface area contributed by atoms with Gasteiger partial charge in [0.2, 0.25) is 0 Å². The number of benzene rings is 1. The smallest absolute Gasteiger partial charge is 0.0319 e. The van der Waals surface area contributed by atoms with Crippen molar-refractivity contribution in [2.45, 2.75) is 25.8 Å². The predicted molar refractivity (Wildman–Crippen MR) is 88.0 cm³/mol. The normalized spacial score (nSPS) is 18.9. The lowest BCUT2D eigenvalue weighted by Gasteiger charge is -2.36. The van der Waals surface area contributed by atoms with E-state index in [1.54, 1.807) is 0 Å². The predicted octanol–water partition coefficient (Wildman–Crippen LogP) is 3.86. The van der Waals surface area contributed by atoms with Crippen LogP contribution in [0, 0.1) is 5.92 Å². The van der Waals surface area contributed by atoms with Crippen molar-refractivity contribution in [3.05, 3.63) is 34.3 Å². The van der Waals surface area contributed by atoms with Gasteiger partial charge >= 0.3 is 0 Å². The van der Waals surface area contributed by atoms with Gasteiger partial charge in [-0.3, -0.25) is 4.90 Å². The van der Waals surface area contributed by atoms with Crippen LogP contribution in [0.3, 0.4) is 0 Å². The highest BCUT2D eigenvalue weighted by atomic mass is 79.9. The fourth-order valence-electron chi connectivity index (χ4n) is 2.79. The highest BCUT2D eigenvalue weighted by molar-refractivity contribution is 9.10. The highest BCUT2D eigenvalue weighted by Crippen LogP contribution is 2.27. The minimum Gasteiger partial charge on any atom is -0.319 e. The van der Waals surface area contributed by atoms with Gasteiger partial charge in [-0.1, -0.05) is 28.1 Å². The summed E-state index contributed by atoms with van der Waals surface area (Å²) in [4.78, 5) is 2.61. The van der Waals surface area contributed by atoms with E-state index in [-0.39, 0.29) is 12.4 Å². The number of nitrogens with zero attached hydrogens (tertiary/aromatic N) is 1. The van der Waals surface area contributed by atoms with Crippen LogP contribution in [-0.2, 0) is 0 Å². The third-order valence-electron chi connectivity index (χ3n) is 4.04. The second kappa shape index (κ2) is 8.25. The summed E-state index contributed by atoms with van der Waals surface area (Å²) in [7, 11) is 2.05. The molecule has 1 heterocycles. The monoisotopic (exact) mass is 346 g/mol. The highest BCUT2D eigenvalue weighted by Gasteiger charge is 2.22. The SMILES string of the molecule is CNCC1CCN(C(C)c2ccc(Br)cc2)CC1.Cl. The standard InChI is InChI=1S/C15H23BrN2.ClH/c1-12(14-3-5-15(16)6-4-14)18-9-7-13(8-10-18)11-17-2;/h3-6,12-13,17H,7-11H2,1-2H3;1H. The second-order valence-electron chi connectivity index (χ2n) is 5.26. The van der Waals surface area contributed by atoms with E-state index >= 15 is 0 Å². The fourth-order valence-corrected chi connectivity index (χ4v) is 3.05. The third-order valence-corrected chi connectivity index (χ3v) is 4.57. The van der Waals surface area contributed by atoms with Crippen LogP contribution in [0.4, 0.5) is 0 Å². The molecule has 4 heteroatoms. The van der Waals surface area contributed by atoms with Crippen LogP contribution >= 0.6 is 28.3 Å². The molecule has 0 spiro atoms. The molecule has 1 aliphatic rings. The van der Waals surface area contributed by atoms with Gasteiger partial charge in [0.15, 0.2) is 0 Å². The first-order valence-electron chi connectivity index (χ1n) is 6.85. The van der Waals surface area contributed by atoms with E-state index in [0.29, 0.717) is 6.04 Å². The molecule has 1 fully saturated rings. The summed E-state index contributed by atoms with van der Waals surface area (Å²) in [6.07, 6.45) is 2.64. The molecule has 1 unspecified atom stereocenters. The van der Waals surface area contributed by atoms with Crippen molar-refractivity contribution in [3.63, 3.8) is 0 Å². The summed E-state index contributed by atoms with van der Waals surface area (Å²) < 4.78 is 1.16. The molecule has 1 N–H and O–H groups in total. The Labute approximate surface area is 131 Å². The Balaban J connectivity index is 0.00000180. The maximum Gasteiger partial charge on any atom is 0.0319 e. The van der Waals surface area contributed by atoms with Gasteiger partial charge in [-0.25, -0.2) is 0 Å². The second-order valence-corrected chi connectivity index (χ2v) is 6.18. The average Bonchev–Trinajstić information content (AvgIpc) is 2.40. The van der Waals surface area contributed by atoms with Gasteiger partial charge in [-0.05, 0) is 70.1 Å². The van der Waals surface area contributed by atoms with Crippen LogP contribution in [0.5, 0.6) is 0 Å². The summed E-state index contributed by atoms with van der Waals surface area (Å²) in [5.41, 5.74) is 1.42. The zero-order valence-electron chi connectivity index (χ0n) is 11.7. The van der Waals surface area contributed by atoms with Gasteiger partial charge in [0, 0.05) is 10.5 Å². The van der Waals surface area contributed by atoms with Crippen LogP contribution in [0.15, 0.2) is 28.7 Å². The molecular formula is C15H24BrClN2. The van der Waals surface area contributed by atoms with Crippen molar-refractivity contribution >= 4 is 28.3 Å². The van der Waals surface area contributed by atoms with E-state index in [1.165, 1.54) is 38.0 Å². The number of halogens is 2. The third kappa shape index (κ3) is 4.75. The summed E-state index contributed by atoms with van der Waals surface area (Å²) >= 11 is 3.50. The molecule has 0 aromatic heterocycles. The summed E-state index contributed by atoms with van der Waals surface area (Å²) in [6, 6.07) is 9.27. The Morgan fingerprint density at radius 3 is 2.37 bits per heavy atom. The maximum atomic E-state index is 3.50. The van der Waals surface area contributed by atoms with Gasteiger partial charge in [-0.15, -0.1) is 12.4 Å². The molecule has 1 aromatic carbocycles. The zero-order valence-corrected chi connectivity index (χ0v) is 14.1. The molecule has 1 aromatic rings. The van der Waals surface area contributed by atoms with E-state index in [4.69, 9.17) is 0 Å². The molecule has 2 rings (SSSR count). The average molecular weight is 348 g/mol. The molecule has 1 aliphatic heterocycles. The molecule has 0 bridgehead atoms. The molecule has 19 heavy (non-hydrogen) atoms. The minimum absolute atomic E-state index is 0. The molecule has 108 valence electrons. The van der Waals surface area contributed by atoms with Crippen molar-refractivity contribution < 1.29 is 0 Å². The van der Waals surface area contributed by atoms with E-state index in [2.05, 4.69) is 64.4 Å². The Kier molecular flexibility index (Phi) is 7.37. The van der Waals surface area contributed by atoms with Crippen LogP contribution in [0.25, 0.3) is 0 Å². The van der Waals surface area contributed by atoms with Crippen LogP contribution in [0.1, 0.15) is 31.4 Å². The van der Waals surface area contributed by atoms with Crippen molar-refractivity contribution in [2.24, 2.45) is 5.92 Å². The van der Waals surface area contributed by atoms with Gasteiger partial charge in [-0.2, -0.15) is 0 Å². The molecule has 0 amide bonds. The number of nitrogens with one attached hydrogen (secondary N) is 1. The van der Waals surface area contributed by atoms with E-state index in [0.717, 1.165) is 10.4 Å². The molecule has 1 atom stereocenters. The Morgan fingerprint density at radius 1 is 1.26 bits per heavy atom. The topological polar surface area (TPSA) is 15.3 Å². The van der Waals surface area contributed by atoms with Gasteiger partial charge in [0.05, 0.1) is 0 Å². The lowest BCUT2D eigenvalue weighted by Crippen LogP contribution is -2.38. The Morgan fingerprint density at radius 2 is 1.84 bits per heavy atom. The number of piperidine rings is 1. The minimum atomic E-state index is 0. The fraction of sp³-hybridized carbons (Fsp3) is 0.600. The molecule has 0 saturated carbocycles. The maximum absolute atomic E-state index is 3.50. The van der Waals surface area contributed by atoms with E-state index in [1.807, 2.05) is 0 Å². The van der Waals surface area contributed by atoms with Crippen molar-refractivity contribution in [1.82, 2.24) is 10.2 Å². The quantitative estimate of drug-likeness (QED) is 0.889. The van der Waals surface area contributed by atoms with Gasteiger partial charge in [0.25, 0.3) is 0 Å². The lowest BCUT2D eigenvalue weighted by molar-refractivity contribution is 0.141. The van der Waals surface area contributed by atoms with Crippen LogP contribution in [0.2, 0.25) is 0 Å². The molecule has 0 radical (unpaired) electrons. The first-order chi connectivity index (χ1) is 8.70. The molecule has 2 nitrogen and oxygen atoms in total. The lowest BCUT2D eigenvalue weighted by atomic mass is 9.94. The summed E-state index contributed by atoms with van der Waals surface area (Å²) in [5, 5.41) is 3.30. The number of rotatable bonds is 4. The molecule has 1 saturated heterocycles. The largest absolute Gasteiger partial charge is 0.319 e. The van der Waals surface area contributed by atoms with Crippen LogP contribution in [-0.4, -0.2) is 31.6 Å². The van der Waals surface area contributed by atoms with E-state index < -0.39 is 0 Å².